The fourth-order valence-electron chi connectivity index (χ4n) is 3.52. The highest BCUT2D eigenvalue weighted by Crippen LogP contribution is 2.35. The second-order valence-corrected chi connectivity index (χ2v) is 7.32. The molecule has 0 spiro atoms. The number of ether oxygens (including phenoxy) is 1. The van der Waals surface area contributed by atoms with E-state index in [4.69, 9.17) is 4.74 Å². The van der Waals surface area contributed by atoms with Gasteiger partial charge in [0.15, 0.2) is 6.10 Å². The molecule has 1 heterocycles. The molecule has 3 rings (SSSR count). The van der Waals surface area contributed by atoms with E-state index in [2.05, 4.69) is 5.32 Å². The number of esters is 1. The molecule has 1 N–H and O–H groups in total. The number of nitrogens with one attached hydrogen (secondary N) is 1. The number of benzene rings is 1. The van der Waals surface area contributed by atoms with Gasteiger partial charge in [-0.15, -0.1) is 0 Å². The van der Waals surface area contributed by atoms with Gasteiger partial charge in [-0.1, -0.05) is 18.2 Å². The van der Waals surface area contributed by atoms with Crippen LogP contribution < -0.4 is 5.32 Å². The number of allylic oxidation sites excluding steroid dienone is 2. The maximum Gasteiger partial charge on any atom is 0.308 e. The highest BCUT2D eigenvalue weighted by atomic mass is 19.1. The van der Waals surface area contributed by atoms with Crippen LogP contribution in [0.5, 0.6) is 0 Å². The van der Waals surface area contributed by atoms with Crippen molar-refractivity contribution in [1.29, 1.82) is 0 Å². The molecule has 7 nitrogen and oxygen atoms in total. The molecule has 29 heavy (non-hydrogen) atoms. The molecule has 3 amide bonds. The second-order valence-electron chi connectivity index (χ2n) is 7.32. The van der Waals surface area contributed by atoms with Crippen molar-refractivity contribution in [2.75, 3.05) is 11.9 Å². The number of hydrogen-bond donors (Lipinski definition) is 1. The molecule has 2 aliphatic rings. The van der Waals surface area contributed by atoms with Crippen molar-refractivity contribution >= 4 is 29.4 Å². The van der Waals surface area contributed by atoms with Crippen LogP contribution in [0.3, 0.4) is 0 Å². The minimum atomic E-state index is -1.11. The predicted molar refractivity (Wildman–Crippen MR) is 102 cm³/mol. The summed E-state index contributed by atoms with van der Waals surface area (Å²) in [4.78, 5) is 50.1. The Morgan fingerprint density at radius 1 is 1.21 bits per heavy atom. The summed E-state index contributed by atoms with van der Waals surface area (Å²) in [6, 6.07) is 4.25. The van der Waals surface area contributed by atoms with Gasteiger partial charge in [-0.2, -0.15) is 0 Å². The van der Waals surface area contributed by atoms with Crippen LogP contribution in [-0.2, 0) is 23.9 Å². The number of halogens is 1. The van der Waals surface area contributed by atoms with E-state index in [9.17, 15) is 23.6 Å². The highest BCUT2D eigenvalue weighted by molar-refractivity contribution is 6.05. The SMILES string of the molecule is Cc1ccc(NC(=O)[C@H](C)OC(=O)CCN2C(=O)[C@H]3CC=CC[C@H]3C2=O)cc1F. The van der Waals surface area contributed by atoms with E-state index in [1.807, 2.05) is 12.2 Å². The average Bonchev–Trinajstić information content (AvgIpc) is 2.93. The zero-order valence-electron chi connectivity index (χ0n) is 16.3. The summed E-state index contributed by atoms with van der Waals surface area (Å²) < 4.78 is 18.6. The summed E-state index contributed by atoms with van der Waals surface area (Å²) in [7, 11) is 0. The van der Waals surface area contributed by atoms with Crippen molar-refractivity contribution in [3.8, 4) is 0 Å². The summed E-state index contributed by atoms with van der Waals surface area (Å²) >= 11 is 0. The largest absolute Gasteiger partial charge is 0.452 e. The van der Waals surface area contributed by atoms with Crippen molar-refractivity contribution < 1.29 is 28.3 Å². The fourth-order valence-corrected chi connectivity index (χ4v) is 3.52. The average molecular weight is 402 g/mol. The van der Waals surface area contributed by atoms with E-state index in [0.29, 0.717) is 18.4 Å². The number of aryl methyl sites for hydroxylation is 1. The van der Waals surface area contributed by atoms with Gasteiger partial charge in [-0.3, -0.25) is 24.1 Å². The predicted octanol–water partition coefficient (Wildman–Crippen LogP) is 2.35. The van der Waals surface area contributed by atoms with Crippen molar-refractivity contribution in [3.63, 3.8) is 0 Å². The molecule has 0 unspecified atom stereocenters. The lowest BCUT2D eigenvalue weighted by Gasteiger charge is -2.16. The molecule has 0 bridgehead atoms. The molecule has 1 aliphatic carbocycles. The number of imide groups is 1. The lowest BCUT2D eigenvalue weighted by molar-refractivity contribution is -0.154. The number of fused-ring (bicyclic) bond motifs is 1. The fraction of sp³-hybridized carbons (Fsp3) is 0.429. The van der Waals surface area contributed by atoms with Gasteiger partial charge in [-0.05, 0) is 44.4 Å². The molecule has 0 saturated carbocycles. The number of amides is 3. The number of nitrogens with zero attached hydrogens (tertiary/aromatic N) is 1. The third-order valence-corrected chi connectivity index (χ3v) is 5.26. The zero-order valence-corrected chi connectivity index (χ0v) is 16.3. The molecule has 1 saturated heterocycles. The zero-order chi connectivity index (χ0) is 21.1. The summed E-state index contributed by atoms with van der Waals surface area (Å²) in [5, 5.41) is 2.48. The van der Waals surface area contributed by atoms with Crippen molar-refractivity contribution in [1.82, 2.24) is 4.90 Å². The first-order valence-electron chi connectivity index (χ1n) is 9.54. The van der Waals surface area contributed by atoms with Crippen LogP contribution in [0.1, 0.15) is 31.7 Å². The Balaban J connectivity index is 1.48. The standard InChI is InChI=1S/C21H23FN2O5/c1-12-7-8-14(11-17(12)22)23-19(26)13(2)29-18(25)9-10-24-20(27)15-5-3-4-6-16(15)21(24)28/h3-4,7-8,11,13,15-16H,5-6,9-10H2,1-2H3,(H,23,26)/t13-,15-,16+/m0/s1. The van der Waals surface area contributed by atoms with Crippen LogP contribution in [0.15, 0.2) is 30.4 Å². The molecule has 154 valence electrons. The first-order valence-corrected chi connectivity index (χ1v) is 9.54. The van der Waals surface area contributed by atoms with E-state index in [1.54, 1.807) is 13.0 Å². The molecule has 8 heteroatoms. The molecule has 1 fully saturated rings. The summed E-state index contributed by atoms with van der Waals surface area (Å²) in [5.41, 5.74) is 0.703. The number of carbonyl (C=O) groups excluding carboxylic acids is 4. The number of likely N-dealkylation sites (tertiary alicyclic amines) is 1. The van der Waals surface area contributed by atoms with Crippen LogP contribution in [0.4, 0.5) is 10.1 Å². The molecule has 1 aromatic rings. The first-order chi connectivity index (χ1) is 13.8. The van der Waals surface area contributed by atoms with Crippen LogP contribution in [0.2, 0.25) is 0 Å². The highest BCUT2D eigenvalue weighted by Gasteiger charge is 2.47. The van der Waals surface area contributed by atoms with Gasteiger partial charge in [0, 0.05) is 12.2 Å². The second kappa shape index (κ2) is 8.55. The van der Waals surface area contributed by atoms with Gasteiger partial charge in [0.1, 0.15) is 5.82 Å². The van der Waals surface area contributed by atoms with Crippen molar-refractivity contribution in [2.45, 2.75) is 39.2 Å². The quantitative estimate of drug-likeness (QED) is 0.448. The summed E-state index contributed by atoms with van der Waals surface area (Å²) in [5.74, 6) is -2.97. The number of rotatable bonds is 6. The third kappa shape index (κ3) is 4.52. The minimum Gasteiger partial charge on any atom is -0.452 e. The topological polar surface area (TPSA) is 92.8 Å². The Labute approximate surface area is 167 Å². The Morgan fingerprint density at radius 3 is 2.41 bits per heavy atom. The smallest absolute Gasteiger partial charge is 0.308 e. The van der Waals surface area contributed by atoms with Crippen LogP contribution in [0.25, 0.3) is 0 Å². The van der Waals surface area contributed by atoms with E-state index >= 15 is 0 Å². The Morgan fingerprint density at radius 2 is 1.83 bits per heavy atom. The van der Waals surface area contributed by atoms with Crippen molar-refractivity contribution in [3.05, 3.63) is 41.7 Å². The molecular formula is C21H23FN2O5. The van der Waals surface area contributed by atoms with Gasteiger partial charge in [0.25, 0.3) is 5.91 Å². The molecule has 0 aromatic heterocycles. The molecule has 1 aliphatic heterocycles. The van der Waals surface area contributed by atoms with E-state index in [1.165, 1.54) is 19.1 Å². The van der Waals surface area contributed by atoms with Gasteiger partial charge in [-0.25, -0.2) is 4.39 Å². The molecular weight excluding hydrogens is 379 g/mol. The maximum absolute atomic E-state index is 13.6. The lowest BCUT2D eigenvalue weighted by Crippen LogP contribution is -2.35. The number of carbonyl (C=O) groups is 4. The Hall–Kier alpha value is -3.03. The van der Waals surface area contributed by atoms with Crippen LogP contribution in [-0.4, -0.2) is 41.2 Å². The molecule has 1 aromatic carbocycles. The first kappa shape index (κ1) is 20.7. The number of anilines is 1. The van der Waals surface area contributed by atoms with E-state index in [0.717, 1.165) is 4.90 Å². The van der Waals surface area contributed by atoms with Crippen LogP contribution in [0, 0.1) is 24.6 Å². The van der Waals surface area contributed by atoms with Crippen molar-refractivity contribution in [2.24, 2.45) is 11.8 Å². The normalized spacial score (nSPS) is 21.7. The Kier molecular flexibility index (Phi) is 6.10. The Bertz CT molecular complexity index is 856. The van der Waals surface area contributed by atoms with E-state index < -0.39 is 23.8 Å². The summed E-state index contributed by atoms with van der Waals surface area (Å²) in [6.07, 6.45) is 3.55. The van der Waals surface area contributed by atoms with Gasteiger partial charge in [0.2, 0.25) is 11.8 Å². The maximum atomic E-state index is 13.6. The minimum absolute atomic E-state index is 0.0684. The number of hydrogen-bond acceptors (Lipinski definition) is 5. The monoisotopic (exact) mass is 402 g/mol. The van der Waals surface area contributed by atoms with Gasteiger partial charge < -0.3 is 10.1 Å². The molecule has 0 radical (unpaired) electrons. The lowest BCUT2D eigenvalue weighted by atomic mass is 9.85. The third-order valence-electron chi connectivity index (χ3n) is 5.26. The molecule has 3 atom stereocenters. The summed E-state index contributed by atoms with van der Waals surface area (Å²) in [6.45, 7) is 2.93. The van der Waals surface area contributed by atoms with Gasteiger partial charge >= 0.3 is 5.97 Å². The van der Waals surface area contributed by atoms with Gasteiger partial charge in [0.05, 0.1) is 18.3 Å². The van der Waals surface area contributed by atoms with E-state index in [-0.39, 0.29) is 42.3 Å². The van der Waals surface area contributed by atoms with Crippen LogP contribution >= 0.6 is 0 Å².